The van der Waals surface area contributed by atoms with Crippen LogP contribution in [0, 0.1) is 0 Å². The number of hydrogen-bond acceptors (Lipinski definition) is 4. The standard InChI is InChI=1S/C12H20N2O3S/c1-5-8-14(10(2)3)18(15,16)12-7-6-11(17-12)9-13-4/h5-7,10,13H,1,8-9H2,2-4H3. The molecule has 0 amide bonds. The Labute approximate surface area is 109 Å². The molecule has 0 bridgehead atoms. The molecule has 0 spiro atoms. The fourth-order valence-corrected chi connectivity index (χ4v) is 3.14. The summed E-state index contributed by atoms with van der Waals surface area (Å²) in [6.07, 6.45) is 1.56. The zero-order valence-corrected chi connectivity index (χ0v) is 11.8. The van der Waals surface area contributed by atoms with Gasteiger partial charge in [0.25, 0.3) is 10.0 Å². The predicted octanol–water partition coefficient (Wildman–Crippen LogP) is 1.58. The molecule has 0 aliphatic rings. The molecule has 0 aliphatic heterocycles. The number of rotatable bonds is 7. The van der Waals surface area contributed by atoms with Crippen LogP contribution in [0.2, 0.25) is 0 Å². The zero-order valence-electron chi connectivity index (χ0n) is 11.0. The second kappa shape index (κ2) is 6.17. The predicted molar refractivity (Wildman–Crippen MR) is 70.7 cm³/mol. The van der Waals surface area contributed by atoms with Gasteiger partial charge in [0.2, 0.25) is 5.09 Å². The van der Waals surface area contributed by atoms with Gasteiger partial charge in [-0.3, -0.25) is 0 Å². The third-order valence-electron chi connectivity index (χ3n) is 2.44. The SMILES string of the molecule is C=CCN(C(C)C)S(=O)(=O)c1ccc(CNC)o1. The zero-order chi connectivity index (χ0) is 13.8. The van der Waals surface area contributed by atoms with Crippen LogP contribution in [0.5, 0.6) is 0 Å². The molecule has 0 saturated heterocycles. The van der Waals surface area contributed by atoms with Gasteiger partial charge in [-0.2, -0.15) is 4.31 Å². The molecule has 18 heavy (non-hydrogen) atoms. The van der Waals surface area contributed by atoms with E-state index in [0.717, 1.165) is 0 Å². The lowest BCUT2D eigenvalue weighted by Crippen LogP contribution is -2.36. The molecule has 1 heterocycles. The van der Waals surface area contributed by atoms with Crippen LogP contribution in [-0.2, 0) is 16.6 Å². The summed E-state index contributed by atoms with van der Waals surface area (Å²) in [5, 5.41) is 2.88. The molecule has 1 aromatic rings. The number of sulfonamides is 1. The minimum Gasteiger partial charge on any atom is -0.447 e. The van der Waals surface area contributed by atoms with Crippen LogP contribution in [0.1, 0.15) is 19.6 Å². The van der Waals surface area contributed by atoms with Gasteiger partial charge in [-0.1, -0.05) is 6.08 Å². The first-order chi connectivity index (χ1) is 8.43. The highest BCUT2D eigenvalue weighted by molar-refractivity contribution is 7.89. The van der Waals surface area contributed by atoms with Gasteiger partial charge in [-0.25, -0.2) is 8.42 Å². The molecule has 0 radical (unpaired) electrons. The summed E-state index contributed by atoms with van der Waals surface area (Å²) >= 11 is 0. The van der Waals surface area contributed by atoms with Crippen LogP contribution in [0.15, 0.2) is 34.3 Å². The van der Waals surface area contributed by atoms with Crippen molar-refractivity contribution in [3.63, 3.8) is 0 Å². The summed E-state index contributed by atoms with van der Waals surface area (Å²) < 4.78 is 31.4. The van der Waals surface area contributed by atoms with Crippen molar-refractivity contribution in [1.29, 1.82) is 0 Å². The highest BCUT2D eigenvalue weighted by Gasteiger charge is 2.28. The average molecular weight is 272 g/mol. The molecule has 0 saturated carbocycles. The fraction of sp³-hybridized carbons (Fsp3) is 0.500. The Hall–Kier alpha value is -1.11. The third-order valence-corrected chi connectivity index (χ3v) is 4.35. The molecule has 0 aliphatic carbocycles. The van der Waals surface area contributed by atoms with E-state index in [-0.39, 0.29) is 17.7 Å². The van der Waals surface area contributed by atoms with Crippen LogP contribution in [0.4, 0.5) is 0 Å². The van der Waals surface area contributed by atoms with Gasteiger partial charge < -0.3 is 9.73 Å². The number of nitrogens with one attached hydrogen (secondary N) is 1. The maximum Gasteiger partial charge on any atom is 0.276 e. The summed E-state index contributed by atoms with van der Waals surface area (Å²) in [7, 11) is -1.82. The Kier molecular flexibility index (Phi) is 5.13. The van der Waals surface area contributed by atoms with E-state index < -0.39 is 10.0 Å². The Morgan fingerprint density at radius 2 is 2.17 bits per heavy atom. The monoisotopic (exact) mass is 272 g/mol. The summed E-state index contributed by atoms with van der Waals surface area (Å²) in [6.45, 7) is 7.98. The molecule has 1 aromatic heterocycles. The normalized spacial score (nSPS) is 12.3. The van der Waals surface area contributed by atoms with Crippen LogP contribution in [0.25, 0.3) is 0 Å². The Balaban J connectivity index is 3.05. The number of hydrogen-bond donors (Lipinski definition) is 1. The Bertz CT molecular complexity index is 491. The van der Waals surface area contributed by atoms with E-state index in [1.807, 2.05) is 13.8 Å². The van der Waals surface area contributed by atoms with Crippen molar-refractivity contribution in [2.45, 2.75) is 31.5 Å². The smallest absolute Gasteiger partial charge is 0.276 e. The van der Waals surface area contributed by atoms with Crippen LogP contribution in [0.3, 0.4) is 0 Å². The van der Waals surface area contributed by atoms with Crippen molar-refractivity contribution in [2.75, 3.05) is 13.6 Å². The first-order valence-corrected chi connectivity index (χ1v) is 7.23. The molecule has 1 N–H and O–H groups in total. The maximum atomic E-state index is 12.3. The molecule has 5 nitrogen and oxygen atoms in total. The van der Waals surface area contributed by atoms with Crippen molar-refractivity contribution in [1.82, 2.24) is 9.62 Å². The van der Waals surface area contributed by atoms with E-state index in [0.29, 0.717) is 12.3 Å². The lowest BCUT2D eigenvalue weighted by Gasteiger charge is -2.22. The van der Waals surface area contributed by atoms with Gasteiger partial charge in [0, 0.05) is 12.6 Å². The van der Waals surface area contributed by atoms with Crippen LogP contribution < -0.4 is 5.32 Å². The van der Waals surface area contributed by atoms with Crippen molar-refractivity contribution >= 4 is 10.0 Å². The van der Waals surface area contributed by atoms with Crippen LogP contribution in [-0.4, -0.2) is 32.4 Å². The summed E-state index contributed by atoms with van der Waals surface area (Å²) in [6, 6.07) is 3.00. The molecule has 6 heteroatoms. The summed E-state index contributed by atoms with van der Waals surface area (Å²) in [5.41, 5.74) is 0. The van der Waals surface area contributed by atoms with E-state index in [9.17, 15) is 8.42 Å². The molecular formula is C12H20N2O3S. The molecule has 0 atom stereocenters. The molecule has 0 aromatic carbocycles. The number of furan rings is 1. The minimum atomic E-state index is -3.59. The minimum absolute atomic E-state index is 0.0247. The number of nitrogens with zero attached hydrogens (tertiary/aromatic N) is 1. The average Bonchev–Trinajstić information content (AvgIpc) is 2.75. The molecule has 0 unspecified atom stereocenters. The largest absolute Gasteiger partial charge is 0.447 e. The Morgan fingerprint density at radius 1 is 1.50 bits per heavy atom. The first-order valence-electron chi connectivity index (χ1n) is 5.79. The van der Waals surface area contributed by atoms with Gasteiger partial charge in [0.1, 0.15) is 5.76 Å². The second-order valence-corrected chi connectivity index (χ2v) is 6.03. The topological polar surface area (TPSA) is 62.6 Å². The highest BCUT2D eigenvalue weighted by atomic mass is 32.2. The summed E-state index contributed by atoms with van der Waals surface area (Å²) in [5.74, 6) is 0.596. The molecule has 0 fully saturated rings. The lowest BCUT2D eigenvalue weighted by molar-refractivity contribution is 0.349. The van der Waals surface area contributed by atoms with E-state index in [4.69, 9.17) is 4.42 Å². The fourth-order valence-electron chi connectivity index (χ4n) is 1.60. The highest BCUT2D eigenvalue weighted by Crippen LogP contribution is 2.20. The van der Waals surface area contributed by atoms with Gasteiger partial charge in [0.05, 0.1) is 6.54 Å². The van der Waals surface area contributed by atoms with E-state index in [1.165, 1.54) is 10.4 Å². The van der Waals surface area contributed by atoms with E-state index in [2.05, 4.69) is 11.9 Å². The quantitative estimate of drug-likeness (QED) is 0.766. The van der Waals surface area contributed by atoms with Gasteiger partial charge >= 0.3 is 0 Å². The van der Waals surface area contributed by atoms with Crippen molar-refractivity contribution in [3.8, 4) is 0 Å². The van der Waals surface area contributed by atoms with Gasteiger partial charge in [-0.05, 0) is 33.0 Å². The molecular weight excluding hydrogens is 252 g/mol. The third kappa shape index (κ3) is 3.22. The van der Waals surface area contributed by atoms with E-state index in [1.54, 1.807) is 19.2 Å². The maximum absolute atomic E-state index is 12.3. The second-order valence-electron chi connectivity index (χ2n) is 4.21. The molecule has 102 valence electrons. The lowest BCUT2D eigenvalue weighted by atomic mass is 10.4. The molecule has 1 rings (SSSR count). The van der Waals surface area contributed by atoms with Crippen molar-refractivity contribution in [3.05, 3.63) is 30.5 Å². The van der Waals surface area contributed by atoms with Gasteiger partial charge in [-0.15, -0.1) is 6.58 Å². The summed E-state index contributed by atoms with van der Waals surface area (Å²) in [4.78, 5) is 0. The van der Waals surface area contributed by atoms with Crippen molar-refractivity contribution < 1.29 is 12.8 Å². The van der Waals surface area contributed by atoms with Crippen LogP contribution >= 0.6 is 0 Å². The van der Waals surface area contributed by atoms with E-state index >= 15 is 0 Å². The van der Waals surface area contributed by atoms with Gasteiger partial charge in [0.15, 0.2) is 0 Å². The Morgan fingerprint density at radius 3 is 2.67 bits per heavy atom. The van der Waals surface area contributed by atoms with Crippen molar-refractivity contribution in [2.24, 2.45) is 0 Å². The first kappa shape index (κ1) is 14.9.